The van der Waals surface area contributed by atoms with E-state index in [1.807, 2.05) is 18.4 Å². The fourth-order valence-electron chi connectivity index (χ4n) is 1.72. The van der Waals surface area contributed by atoms with Crippen molar-refractivity contribution in [2.24, 2.45) is 5.92 Å². The average molecular weight is 349 g/mol. The first-order valence-corrected chi connectivity index (χ1v) is 8.39. The third-order valence-electron chi connectivity index (χ3n) is 3.01. The van der Waals surface area contributed by atoms with Crippen LogP contribution in [0.5, 0.6) is 0 Å². The number of amides is 1. The summed E-state index contributed by atoms with van der Waals surface area (Å²) in [6.07, 6.45) is 4.50. The van der Waals surface area contributed by atoms with Crippen molar-refractivity contribution >= 4 is 45.2 Å². The second-order valence-electron chi connectivity index (χ2n) is 4.41. The molecular weight excluding hydrogens is 334 g/mol. The highest BCUT2D eigenvalue weighted by atomic mass is 79.9. The van der Waals surface area contributed by atoms with Gasteiger partial charge in [-0.2, -0.15) is 0 Å². The van der Waals surface area contributed by atoms with Gasteiger partial charge >= 0.3 is 0 Å². The van der Waals surface area contributed by atoms with Crippen molar-refractivity contribution in [2.75, 3.05) is 12.8 Å². The molecule has 1 atom stereocenters. The van der Waals surface area contributed by atoms with Gasteiger partial charge in [-0.1, -0.05) is 27.5 Å². The minimum absolute atomic E-state index is 0.0963. The lowest BCUT2D eigenvalue weighted by Gasteiger charge is -2.11. The van der Waals surface area contributed by atoms with E-state index in [0.717, 1.165) is 10.8 Å². The summed E-state index contributed by atoms with van der Waals surface area (Å²) in [7, 11) is 0. The third kappa shape index (κ3) is 3.65. The molecule has 1 N–H and O–H groups in total. The summed E-state index contributed by atoms with van der Waals surface area (Å²) in [4.78, 5) is 13.5. The number of nitrogens with one attached hydrogen (secondary N) is 1. The van der Waals surface area contributed by atoms with E-state index in [-0.39, 0.29) is 5.91 Å². The third-order valence-corrected chi connectivity index (χ3v) is 5.14. The Morgan fingerprint density at radius 2 is 2.33 bits per heavy atom. The van der Waals surface area contributed by atoms with Crippen LogP contribution in [0.2, 0.25) is 5.02 Å². The summed E-state index contributed by atoms with van der Waals surface area (Å²) in [6, 6.07) is 5.53. The molecule has 18 heavy (non-hydrogen) atoms. The highest BCUT2D eigenvalue weighted by Crippen LogP contribution is 2.36. The van der Waals surface area contributed by atoms with Crippen LogP contribution in [0, 0.1) is 5.92 Å². The zero-order valence-corrected chi connectivity index (χ0v) is 13.2. The number of halogens is 2. The standard InChI is InChI=1S/C13H15BrClNOS/c1-18-9-4-5-12(15)10(6-9)13(17)16-7-11(14)8-2-3-8/h4-6,8,11H,2-3,7H2,1H3,(H,16,17). The molecular formula is C13H15BrClNOS. The van der Waals surface area contributed by atoms with Crippen molar-refractivity contribution in [1.29, 1.82) is 0 Å². The van der Waals surface area contributed by atoms with Crippen molar-refractivity contribution in [3.05, 3.63) is 28.8 Å². The second-order valence-corrected chi connectivity index (χ2v) is 6.87. The van der Waals surface area contributed by atoms with E-state index in [0.29, 0.717) is 22.0 Å². The van der Waals surface area contributed by atoms with Crippen LogP contribution in [-0.4, -0.2) is 23.5 Å². The minimum Gasteiger partial charge on any atom is -0.351 e. The molecule has 0 radical (unpaired) electrons. The summed E-state index contributed by atoms with van der Waals surface area (Å²) in [5, 5.41) is 3.44. The molecule has 0 aromatic heterocycles. The van der Waals surface area contributed by atoms with Crippen LogP contribution in [0.25, 0.3) is 0 Å². The van der Waals surface area contributed by atoms with Crippen molar-refractivity contribution in [3.8, 4) is 0 Å². The van der Waals surface area contributed by atoms with Crippen LogP contribution < -0.4 is 5.32 Å². The number of carbonyl (C=O) groups excluding carboxylic acids is 1. The maximum atomic E-state index is 12.1. The molecule has 0 aliphatic heterocycles. The van der Waals surface area contributed by atoms with Crippen LogP contribution >= 0.6 is 39.3 Å². The van der Waals surface area contributed by atoms with Crippen molar-refractivity contribution in [1.82, 2.24) is 5.32 Å². The first kappa shape index (κ1) is 14.2. The van der Waals surface area contributed by atoms with E-state index in [1.54, 1.807) is 17.8 Å². The van der Waals surface area contributed by atoms with Crippen LogP contribution in [0.3, 0.4) is 0 Å². The van der Waals surface area contributed by atoms with Gasteiger partial charge in [0.1, 0.15) is 0 Å². The lowest BCUT2D eigenvalue weighted by atomic mass is 10.2. The van der Waals surface area contributed by atoms with Gasteiger partial charge in [0.2, 0.25) is 0 Å². The van der Waals surface area contributed by atoms with Gasteiger partial charge in [-0.05, 0) is 43.2 Å². The predicted molar refractivity (Wildman–Crippen MR) is 81.0 cm³/mol. The van der Waals surface area contributed by atoms with Gasteiger partial charge in [-0.3, -0.25) is 4.79 Å². The normalized spacial score (nSPS) is 16.4. The minimum atomic E-state index is -0.0963. The maximum absolute atomic E-state index is 12.1. The first-order chi connectivity index (χ1) is 8.61. The molecule has 0 bridgehead atoms. The molecule has 1 amide bonds. The lowest BCUT2D eigenvalue weighted by Crippen LogP contribution is -2.30. The van der Waals surface area contributed by atoms with E-state index < -0.39 is 0 Å². The van der Waals surface area contributed by atoms with Crippen molar-refractivity contribution in [2.45, 2.75) is 22.6 Å². The summed E-state index contributed by atoms with van der Waals surface area (Å²) in [5.74, 6) is 0.624. The number of hydrogen-bond acceptors (Lipinski definition) is 2. The lowest BCUT2D eigenvalue weighted by molar-refractivity contribution is 0.0953. The van der Waals surface area contributed by atoms with Gasteiger partial charge < -0.3 is 5.32 Å². The largest absolute Gasteiger partial charge is 0.351 e. The number of alkyl halides is 1. The topological polar surface area (TPSA) is 29.1 Å². The first-order valence-electron chi connectivity index (χ1n) is 5.87. The average Bonchev–Trinajstić information content (AvgIpc) is 3.20. The van der Waals surface area contributed by atoms with Gasteiger partial charge in [0.05, 0.1) is 10.6 Å². The van der Waals surface area contributed by atoms with Crippen LogP contribution in [0.1, 0.15) is 23.2 Å². The SMILES string of the molecule is CSc1ccc(Cl)c(C(=O)NCC(Br)C2CC2)c1. The maximum Gasteiger partial charge on any atom is 0.252 e. The molecule has 2 nitrogen and oxygen atoms in total. The highest BCUT2D eigenvalue weighted by Gasteiger charge is 2.29. The molecule has 1 saturated carbocycles. The van der Waals surface area contributed by atoms with Crippen LogP contribution in [0.15, 0.2) is 23.1 Å². The summed E-state index contributed by atoms with van der Waals surface area (Å²) in [5.41, 5.74) is 0.555. The van der Waals surface area contributed by atoms with E-state index in [2.05, 4.69) is 21.2 Å². The monoisotopic (exact) mass is 347 g/mol. The van der Waals surface area contributed by atoms with Gasteiger partial charge in [0, 0.05) is 16.3 Å². The number of benzene rings is 1. The number of hydrogen-bond donors (Lipinski definition) is 1. The summed E-state index contributed by atoms with van der Waals surface area (Å²) >= 11 is 11.3. The molecule has 0 spiro atoms. The molecule has 0 saturated heterocycles. The molecule has 1 aliphatic rings. The quantitative estimate of drug-likeness (QED) is 0.644. The Hall–Kier alpha value is -0.190. The second kappa shape index (κ2) is 6.31. The van der Waals surface area contributed by atoms with Crippen LogP contribution in [0.4, 0.5) is 0 Å². The van der Waals surface area contributed by atoms with Gasteiger partial charge in [-0.15, -0.1) is 11.8 Å². The van der Waals surface area contributed by atoms with E-state index >= 15 is 0 Å². The number of carbonyl (C=O) groups is 1. The molecule has 1 aliphatic carbocycles. The Kier molecular flexibility index (Phi) is 4.98. The fraction of sp³-hybridized carbons (Fsp3) is 0.462. The van der Waals surface area contributed by atoms with Gasteiger partial charge in [0.25, 0.3) is 5.91 Å². The van der Waals surface area contributed by atoms with E-state index in [9.17, 15) is 4.79 Å². The summed E-state index contributed by atoms with van der Waals surface area (Å²) in [6.45, 7) is 0.656. The molecule has 1 aromatic rings. The Morgan fingerprint density at radius 1 is 1.61 bits per heavy atom. The molecule has 1 unspecified atom stereocenters. The number of thioether (sulfide) groups is 1. The Morgan fingerprint density at radius 3 is 2.94 bits per heavy atom. The Bertz CT molecular complexity index is 451. The molecule has 2 rings (SSSR count). The van der Waals surface area contributed by atoms with Crippen LogP contribution in [-0.2, 0) is 0 Å². The number of rotatable bonds is 5. The highest BCUT2D eigenvalue weighted by molar-refractivity contribution is 9.09. The zero-order valence-electron chi connectivity index (χ0n) is 10.1. The predicted octanol–water partition coefficient (Wildman–Crippen LogP) is 3.97. The smallest absolute Gasteiger partial charge is 0.252 e. The molecule has 98 valence electrons. The molecule has 1 fully saturated rings. The zero-order chi connectivity index (χ0) is 13.1. The summed E-state index contributed by atoms with van der Waals surface area (Å²) < 4.78 is 0. The van der Waals surface area contributed by atoms with Gasteiger partial charge in [0.15, 0.2) is 0 Å². The molecule has 0 heterocycles. The fourth-order valence-corrected chi connectivity index (χ4v) is 3.05. The van der Waals surface area contributed by atoms with E-state index in [4.69, 9.17) is 11.6 Å². The Labute approximate surface area is 125 Å². The Balaban J connectivity index is 1.98. The molecule has 1 aromatic carbocycles. The van der Waals surface area contributed by atoms with Gasteiger partial charge in [-0.25, -0.2) is 0 Å². The molecule has 5 heteroatoms. The van der Waals surface area contributed by atoms with E-state index in [1.165, 1.54) is 12.8 Å². The van der Waals surface area contributed by atoms with Crippen molar-refractivity contribution in [3.63, 3.8) is 0 Å². The van der Waals surface area contributed by atoms with Crippen molar-refractivity contribution < 1.29 is 4.79 Å².